The van der Waals surface area contributed by atoms with E-state index in [1.165, 1.54) is 14.2 Å². The molecule has 3 aromatic rings. The van der Waals surface area contributed by atoms with Crippen LogP contribution in [0.1, 0.15) is 101 Å². The van der Waals surface area contributed by atoms with E-state index in [0.717, 1.165) is 77.4 Å². The molecule has 0 radical (unpaired) electrons. The molecule has 1 saturated heterocycles. The van der Waals surface area contributed by atoms with Gasteiger partial charge < -0.3 is 44.8 Å². The summed E-state index contributed by atoms with van der Waals surface area (Å²) in [5.41, 5.74) is 4.77. The summed E-state index contributed by atoms with van der Waals surface area (Å²) in [6, 6.07) is 11.6. The Kier molecular flexibility index (Phi) is 12.5. The van der Waals surface area contributed by atoms with Gasteiger partial charge in [0.1, 0.15) is 23.4 Å². The molecule has 0 bridgehead atoms. The van der Waals surface area contributed by atoms with E-state index in [1.54, 1.807) is 18.9 Å². The molecule has 14 heteroatoms. The van der Waals surface area contributed by atoms with Gasteiger partial charge in [-0.15, -0.1) is 0 Å². The van der Waals surface area contributed by atoms with Crippen LogP contribution in [0.4, 0.5) is 4.79 Å². The number of methoxy groups -OCH3 is 3. The molecule has 2 aromatic carbocycles. The van der Waals surface area contributed by atoms with E-state index < -0.39 is 18.2 Å². The van der Waals surface area contributed by atoms with Gasteiger partial charge in [0.25, 0.3) is 0 Å². The highest BCUT2D eigenvalue weighted by Gasteiger charge is 2.39. The fourth-order valence-corrected chi connectivity index (χ4v) is 7.64. The van der Waals surface area contributed by atoms with Crippen LogP contribution in [-0.4, -0.2) is 97.8 Å². The van der Waals surface area contributed by atoms with Gasteiger partial charge in [-0.25, -0.2) is 9.78 Å². The van der Waals surface area contributed by atoms with Crippen LogP contribution >= 0.6 is 0 Å². The van der Waals surface area contributed by atoms with E-state index in [4.69, 9.17) is 28.9 Å². The summed E-state index contributed by atoms with van der Waals surface area (Å²) in [6.45, 7) is 9.91. The number of rotatable bonds is 15. The Balaban J connectivity index is 1.09. The topological polar surface area (TPSA) is 168 Å². The first-order chi connectivity index (χ1) is 26.4. The number of aromatic amines is 1. The van der Waals surface area contributed by atoms with Crippen molar-refractivity contribution in [1.82, 2.24) is 30.8 Å². The molecule has 3 aliphatic rings. The van der Waals surface area contributed by atoms with E-state index in [1.807, 2.05) is 25.3 Å². The molecule has 5 atom stereocenters. The number of ether oxygens (including phenoxy) is 4. The number of fused-ring (bicyclic) bond motifs is 2. The third kappa shape index (κ3) is 8.80. The zero-order chi connectivity index (χ0) is 39.3. The molecule has 4 N–H and O–H groups in total. The maximum Gasteiger partial charge on any atom is 0.407 e. The number of amidine groups is 1. The molecule has 4 heterocycles. The van der Waals surface area contributed by atoms with Crippen molar-refractivity contribution in [1.29, 1.82) is 0 Å². The number of carbonyl (C=O) groups is 3. The van der Waals surface area contributed by atoms with Crippen molar-refractivity contribution in [3.8, 4) is 22.8 Å². The number of hydrogen-bond acceptors (Lipinski definition) is 10. The molecular weight excluding hydrogens is 702 g/mol. The highest BCUT2D eigenvalue weighted by molar-refractivity contribution is 5.87. The van der Waals surface area contributed by atoms with Crippen LogP contribution < -0.4 is 20.7 Å². The lowest BCUT2D eigenvalue weighted by Crippen LogP contribution is -2.54. The average molecular weight is 758 g/mol. The van der Waals surface area contributed by atoms with Crippen LogP contribution in [0.2, 0.25) is 0 Å². The van der Waals surface area contributed by atoms with Crippen molar-refractivity contribution >= 4 is 23.7 Å². The maximum absolute atomic E-state index is 13.7. The first-order valence-corrected chi connectivity index (χ1v) is 19.2. The number of H-pyrrole nitrogens is 1. The fourth-order valence-electron chi connectivity index (χ4n) is 7.64. The van der Waals surface area contributed by atoms with Crippen LogP contribution in [0.25, 0.3) is 11.3 Å². The third-order valence-corrected chi connectivity index (χ3v) is 11.1. The lowest BCUT2D eigenvalue weighted by molar-refractivity contribution is -0.137. The van der Waals surface area contributed by atoms with Gasteiger partial charge in [0.05, 0.1) is 62.1 Å². The molecule has 14 nitrogen and oxygen atoms in total. The van der Waals surface area contributed by atoms with Crippen molar-refractivity contribution in [2.75, 3.05) is 41.0 Å². The summed E-state index contributed by atoms with van der Waals surface area (Å²) in [6.07, 6.45) is 5.07. The molecule has 1 fully saturated rings. The van der Waals surface area contributed by atoms with Crippen molar-refractivity contribution in [3.63, 3.8) is 0 Å². The molecule has 3 aliphatic heterocycles. The predicted molar refractivity (Wildman–Crippen MR) is 208 cm³/mol. The first-order valence-electron chi connectivity index (χ1n) is 19.2. The van der Waals surface area contributed by atoms with Gasteiger partial charge in [0, 0.05) is 55.8 Å². The molecule has 0 spiro atoms. The number of nitrogens with one attached hydrogen (secondary N) is 4. The summed E-state index contributed by atoms with van der Waals surface area (Å²) in [5.74, 6) is 3.11. The molecule has 55 heavy (non-hydrogen) atoms. The van der Waals surface area contributed by atoms with E-state index in [-0.39, 0.29) is 35.4 Å². The summed E-state index contributed by atoms with van der Waals surface area (Å²) < 4.78 is 21.9. The Morgan fingerprint density at radius 2 is 1.85 bits per heavy atom. The number of unbranched alkanes of at least 4 members (excludes halogenated alkanes) is 1. The predicted octanol–water partition coefficient (Wildman–Crippen LogP) is 5.69. The number of nitrogens with zero attached hydrogens (tertiary/aromatic N) is 3. The number of benzene rings is 2. The SMILES string of the molecule is COC(=O)N[C@H](C(=O)N1CCC[C@H]1c1ncc(-c2ccc3c(c2)C(C)(C)c2ccc(C4CN=C(CCCCNC(=O)C[C@@H](C)OC)N4)cc2O3)[nH]1)[C@@H](C)OC. The smallest absolute Gasteiger partial charge is 0.407 e. The highest BCUT2D eigenvalue weighted by Crippen LogP contribution is 2.49. The number of carbonyl (C=O) groups excluding carboxylic acids is 3. The van der Waals surface area contributed by atoms with E-state index >= 15 is 0 Å². The molecule has 1 aromatic heterocycles. The Labute approximate surface area is 323 Å². The van der Waals surface area contributed by atoms with Gasteiger partial charge in [0.2, 0.25) is 11.8 Å². The fraction of sp³-hybridized carbons (Fsp3) is 0.537. The minimum atomic E-state index is -0.895. The summed E-state index contributed by atoms with van der Waals surface area (Å²) in [4.78, 5) is 52.5. The van der Waals surface area contributed by atoms with E-state index in [0.29, 0.717) is 31.9 Å². The number of imidazole rings is 1. The second-order valence-electron chi connectivity index (χ2n) is 15.2. The zero-order valence-electron chi connectivity index (χ0n) is 33.0. The Bertz CT molecular complexity index is 1890. The normalized spacial score (nSPS) is 19.9. The molecule has 296 valence electrons. The van der Waals surface area contributed by atoms with E-state index in [9.17, 15) is 14.4 Å². The third-order valence-electron chi connectivity index (χ3n) is 11.1. The van der Waals surface area contributed by atoms with E-state index in [2.05, 4.69) is 59.0 Å². The number of amides is 3. The quantitative estimate of drug-likeness (QED) is 0.143. The van der Waals surface area contributed by atoms with Gasteiger partial charge in [-0.1, -0.05) is 26.0 Å². The molecular formula is C41H55N7O7. The first kappa shape index (κ1) is 39.7. The number of aromatic nitrogens is 2. The van der Waals surface area contributed by atoms with Crippen LogP contribution in [0.5, 0.6) is 11.5 Å². The van der Waals surface area contributed by atoms with Gasteiger partial charge >= 0.3 is 6.09 Å². The Morgan fingerprint density at radius 3 is 2.62 bits per heavy atom. The molecule has 1 unspecified atom stereocenters. The van der Waals surface area contributed by atoms with Gasteiger partial charge in [-0.3, -0.25) is 14.6 Å². The Morgan fingerprint density at radius 1 is 1.04 bits per heavy atom. The number of likely N-dealkylation sites (tertiary alicyclic amines) is 1. The van der Waals surface area contributed by atoms with Crippen molar-refractivity contribution in [2.24, 2.45) is 4.99 Å². The van der Waals surface area contributed by atoms with Crippen molar-refractivity contribution in [3.05, 3.63) is 65.1 Å². The van der Waals surface area contributed by atoms with Gasteiger partial charge in [-0.05, 0) is 69.4 Å². The molecule has 6 rings (SSSR count). The molecule has 0 saturated carbocycles. The van der Waals surface area contributed by atoms with Gasteiger partial charge in [0.15, 0.2) is 0 Å². The zero-order valence-corrected chi connectivity index (χ0v) is 33.0. The minimum absolute atomic E-state index is 0.0150. The summed E-state index contributed by atoms with van der Waals surface area (Å²) in [7, 11) is 4.38. The van der Waals surface area contributed by atoms with Crippen LogP contribution in [-0.2, 0) is 29.2 Å². The molecule has 0 aliphatic carbocycles. The molecule has 3 amide bonds. The number of alkyl carbamates (subject to hydrolysis) is 1. The monoisotopic (exact) mass is 757 g/mol. The second kappa shape index (κ2) is 17.2. The van der Waals surface area contributed by atoms with Crippen LogP contribution in [0.15, 0.2) is 47.6 Å². The Hall–Kier alpha value is -4.95. The maximum atomic E-state index is 13.7. The number of aliphatic imine (C=N–C) groups is 1. The minimum Gasteiger partial charge on any atom is -0.457 e. The largest absolute Gasteiger partial charge is 0.457 e. The summed E-state index contributed by atoms with van der Waals surface area (Å²) >= 11 is 0. The lowest BCUT2D eigenvalue weighted by Gasteiger charge is -2.35. The van der Waals surface area contributed by atoms with Gasteiger partial charge in [-0.2, -0.15) is 0 Å². The average Bonchev–Trinajstić information content (AvgIpc) is 3.98. The lowest BCUT2D eigenvalue weighted by atomic mass is 9.75. The highest BCUT2D eigenvalue weighted by atomic mass is 16.5. The van der Waals surface area contributed by atoms with Crippen LogP contribution in [0.3, 0.4) is 0 Å². The van der Waals surface area contributed by atoms with Crippen molar-refractivity contribution in [2.45, 2.75) is 102 Å². The standard InChI is InChI=1S/C41H55N7O7/c1-24(52-5)19-36(49)42-17-9-8-12-35-43-22-30(45-35)27-13-15-28-34(21-27)55-33-16-14-26(20-29(33)41(28,3)4)31-23-44-38(46-31)32-11-10-18-48(32)39(50)37(25(2)53-6)47-40(51)54-7/h13-16,20-21,23-25,30,32,37H,8-12,17-19,22H2,1-7H3,(H,42,49)(H,43,45)(H,44,46)(H,47,51)/t24-,25-,30?,32+,37+/m1/s1. The number of hydrogen-bond donors (Lipinski definition) is 4. The second-order valence-corrected chi connectivity index (χ2v) is 15.2. The van der Waals surface area contributed by atoms with Crippen molar-refractivity contribution < 1.29 is 33.3 Å². The van der Waals surface area contributed by atoms with Crippen LogP contribution in [0, 0.1) is 0 Å². The summed E-state index contributed by atoms with van der Waals surface area (Å²) in [5, 5.41) is 9.20.